The van der Waals surface area contributed by atoms with Gasteiger partial charge in [0.1, 0.15) is 5.75 Å². The Balaban J connectivity index is 2.05. The van der Waals surface area contributed by atoms with Crippen LogP contribution < -0.4 is 10.1 Å². The summed E-state index contributed by atoms with van der Waals surface area (Å²) in [7, 11) is 1.59. The number of benzene rings is 2. The third kappa shape index (κ3) is 5.18. The summed E-state index contributed by atoms with van der Waals surface area (Å²) in [5.41, 5.74) is 1.71. The predicted molar refractivity (Wildman–Crippen MR) is 90.3 cm³/mol. The van der Waals surface area contributed by atoms with Crippen LogP contribution in [0.2, 0.25) is 0 Å². The molecule has 0 bridgehead atoms. The molecule has 0 unspecified atom stereocenters. The fourth-order valence-electron chi connectivity index (χ4n) is 2.04. The molecular formula is C19H21NO3. The molecule has 23 heavy (non-hydrogen) atoms. The van der Waals surface area contributed by atoms with E-state index in [1.54, 1.807) is 31.4 Å². The number of carbonyl (C=O) groups is 1. The van der Waals surface area contributed by atoms with E-state index in [9.17, 15) is 4.79 Å². The predicted octanol–water partition coefficient (Wildman–Crippen LogP) is 3.55. The van der Waals surface area contributed by atoms with Crippen molar-refractivity contribution in [1.82, 2.24) is 5.32 Å². The van der Waals surface area contributed by atoms with Gasteiger partial charge in [-0.25, -0.2) is 0 Å². The second-order valence-electron chi connectivity index (χ2n) is 4.87. The molecule has 4 heteroatoms. The summed E-state index contributed by atoms with van der Waals surface area (Å²) >= 11 is 0. The number of methoxy groups -OCH3 is 1. The molecule has 0 aliphatic carbocycles. The average molecular weight is 311 g/mol. The summed E-state index contributed by atoms with van der Waals surface area (Å²) in [6.45, 7) is 2.97. The Hall–Kier alpha value is -2.75. The number of ketones is 1. The largest absolute Gasteiger partial charge is 0.497 e. The summed E-state index contributed by atoms with van der Waals surface area (Å²) < 4.78 is 10.6. The quantitative estimate of drug-likeness (QED) is 0.460. The fraction of sp³-hybridized carbons (Fsp3) is 0.211. The zero-order chi connectivity index (χ0) is 16.5. The van der Waals surface area contributed by atoms with Gasteiger partial charge in [0.05, 0.1) is 13.7 Å². The van der Waals surface area contributed by atoms with E-state index >= 15 is 0 Å². The van der Waals surface area contributed by atoms with Crippen molar-refractivity contribution < 1.29 is 14.3 Å². The molecular weight excluding hydrogens is 290 g/mol. The number of rotatable bonds is 8. The lowest BCUT2D eigenvalue weighted by molar-refractivity contribution is 0.103. The van der Waals surface area contributed by atoms with Crippen LogP contribution in [0, 0.1) is 0 Å². The van der Waals surface area contributed by atoms with Crippen molar-refractivity contribution in [3.8, 4) is 5.75 Å². The van der Waals surface area contributed by atoms with E-state index in [2.05, 4.69) is 5.32 Å². The molecule has 0 aromatic heterocycles. The molecule has 120 valence electrons. The lowest BCUT2D eigenvalue weighted by Gasteiger charge is -2.11. The maximum absolute atomic E-state index is 12.3. The van der Waals surface area contributed by atoms with Crippen molar-refractivity contribution in [2.75, 3.05) is 13.7 Å². The van der Waals surface area contributed by atoms with E-state index in [0.717, 1.165) is 11.3 Å². The van der Waals surface area contributed by atoms with E-state index in [1.165, 1.54) is 6.08 Å². The van der Waals surface area contributed by atoms with Gasteiger partial charge in [0.15, 0.2) is 11.7 Å². The molecule has 4 nitrogen and oxygen atoms in total. The molecule has 0 saturated heterocycles. The maximum Gasteiger partial charge on any atom is 0.191 e. The highest BCUT2D eigenvalue weighted by molar-refractivity contribution is 6.04. The van der Waals surface area contributed by atoms with Crippen LogP contribution in [-0.2, 0) is 11.3 Å². The van der Waals surface area contributed by atoms with Gasteiger partial charge in [-0.1, -0.05) is 30.3 Å². The lowest BCUT2D eigenvalue weighted by atomic mass is 10.1. The second-order valence-corrected chi connectivity index (χ2v) is 4.87. The van der Waals surface area contributed by atoms with Crippen LogP contribution in [0.4, 0.5) is 0 Å². The van der Waals surface area contributed by atoms with Gasteiger partial charge in [0, 0.05) is 18.2 Å². The average Bonchev–Trinajstić information content (AvgIpc) is 2.61. The van der Waals surface area contributed by atoms with E-state index < -0.39 is 0 Å². The molecule has 0 saturated carbocycles. The van der Waals surface area contributed by atoms with Crippen LogP contribution in [0.1, 0.15) is 22.8 Å². The number of hydrogen-bond acceptors (Lipinski definition) is 4. The molecule has 2 aromatic carbocycles. The standard InChI is InChI=1S/C19H21NO3/c1-3-23-19(20-14-15-7-5-4-6-8-15)13-18(21)16-9-11-17(22-2)12-10-16/h4-13,20H,3,14H2,1-2H3/b19-13-. The van der Waals surface area contributed by atoms with Crippen LogP contribution in [0.5, 0.6) is 5.75 Å². The van der Waals surface area contributed by atoms with Crippen LogP contribution in [0.3, 0.4) is 0 Å². The fourth-order valence-corrected chi connectivity index (χ4v) is 2.04. The third-order valence-corrected chi connectivity index (χ3v) is 3.25. The Morgan fingerprint density at radius 2 is 1.78 bits per heavy atom. The molecule has 0 heterocycles. The molecule has 0 aliphatic heterocycles. The second kappa shape index (κ2) is 8.63. The summed E-state index contributed by atoms with van der Waals surface area (Å²) in [5, 5.41) is 3.15. The van der Waals surface area contributed by atoms with E-state index in [1.807, 2.05) is 37.3 Å². The van der Waals surface area contributed by atoms with Gasteiger partial charge < -0.3 is 14.8 Å². The Labute approximate surface area is 136 Å². The molecule has 0 radical (unpaired) electrons. The van der Waals surface area contributed by atoms with Crippen molar-refractivity contribution in [2.45, 2.75) is 13.5 Å². The Kier molecular flexibility index (Phi) is 6.24. The van der Waals surface area contributed by atoms with E-state index in [4.69, 9.17) is 9.47 Å². The van der Waals surface area contributed by atoms with Gasteiger partial charge in [-0.2, -0.15) is 0 Å². The minimum absolute atomic E-state index is 0.114. The summed E-state index contributed by atoms with van der Waals surface area (Å²) in [6, 6.07) is 16.9. The highest BCUT2D eigenvalue weighted by Gasteiger charge is 2.06. The summed E-state index contributed by atoms with van der Waals surface area (Å²) in [4.78, 5) is 12.3. The summed E-state index contributed by atoms with van der Waals surface area (Å²) in [6.07, 6.45) is 1.48. The molecule has 2 rings (SSSR count). The molecule has 0 atom stereocenters. The topological polar surface area (TPSA) is 47.6 Å². The molecule has 0 aliphatic rings. The van der Waals surface area contributed by atoms with Gasteiger partial charge in [0.2, 0.25) is 0 Å². The molecule has 0 fully saturated rings. The van der Waals surface area contributed by atoms with Gasteiger partial charge in [-0.3, -0.25) is 4.79 Å². The number of ether oxygens (including phenoxy) is 2. The first-order valence-electron chi connectivity index (χ1n) is 7.53. The molecule has 2 aromatic rings. The lowest BCUT2D eigenvalue weighted by Crippen LogP contribution is -2.17. The highest BCUT2D eigenvalue weighted by atomic mass is 16.5. The number of allylic oxidation sites excluding steroid dienone is 1. The van der Waals surface area contributed by atoms with Gasteiger partial charge in [-0.15, -0.1) is 0 Å². The van der Waals surface area contributed by atoms with Gasteiger partial charge >= 0.3 is 0 Å². The Bertz CT molecular complexity index is 648. The minimum Gasteiger partial charge on any atom is -0.497 e. The van der Waals surface area contributed by atoms with Crippen molar-refractivity contribution >= 4 is 5.78 Å². The van der Waals surface area contributed by atoms with Crippen LogP contribution >= 0.6 is 0 Å². The minimum atomic E-state index is -0.114. The molecule has 1 N–H and O–H groups in total. The van der Waals surface area contributed by atoms with Crippen molar-refractivity contribution in [3.05, 3.63) is 77.7 Å². The van der Waals surface area contributed by atoms with Crippen molar-refractivity contribution in [3.63, 3.8) is 0 Å². The van der Waals surface area contributed by atoms with Crippen molar-refractivity contribution in [1.29, 1.82) is 0 Å². The highest BCUT2D eigenvalue weighted by Crippen LogP contribution is 2.12. The Morgan fingerprint density at radius 3 is 2.39 bits per heavy atom. The van der Waals surface area contributed by atoms with E-state index in [-0.39, 0.29) is 5.78 Å². The number of hydrogen-bond donors (Lipinski definition) is 1. The van der Waals surface area contributed by atoms with Crippen molar-refractivity contribution in [2.24, 2.45) is 0 Å². The normalized spacial score (nSPS) is 11.0. The molecule has 0 spiro atoms. The first-order valence-corrected chi connectivity index (χ1v) is 7.53. The van der Waals surface area contributed by atoms with Gasteiger partial charge in [0.25, 0.3) is 0 Å². The van der Waals surface area contributed by atoms with Gasteiger partial charge in [-0.05, 0) is 36.8 Å². The number of carbonyl (C=O) groups excluding carboxylic acids is 1. The zero-order valence-corrected chi connectivity index (χ0v) is 13.4. The first kappa shape index (κ1) is 16.6. The Morgan fingerprint density at radius 1 is 1.09 bits per heavy atom. The number of nitrogens with one attached hydrogen (secondary N) is 1. The monoisotopic (exact) mass is 311 g/mol. The van der Waals surface area contributed by atoms with Crippen LogP contribution in [0.25, 0.3) is 0 Å². The smallest absolute Gasteiger partial charge is 0.191 e. The zero-order valence-electron chi connectivity index (χ0n) is 13.4. The molecule has 0 amide bonds. The summed E-state index contributed by atoms with van der Waals surface area (Å²) in [5.74, 6) is 1.08. The van der Waals surface area contributed by atoms with Crippen LogP contribution in [0.15, 0.2) is 66.6 Å². The van der Waals surface area contributed by atoms with E-state index in [0.29, 0.717) is 24.6 Å². The van der Waals surface area contributed by atoms with Crippen LogP contribution in [-0.4, -0.2) is 19.5 Å². The maximum atomic E-state index is 12.3. The first-order chi connectivity index (χ1) is 11.2. The third-order valence-electron chi connectivity index (χ3n) is 3.25. The SMILES string of the molecule is CCO/C(=C\C(=O)c1ccc(OC)cc1)NCc1ccccc1.